The molecule has 1 heterocycles. The lowest BCUT2D eigenvalue weighted by atomic mass is 10.2. The molecular formula is C14H20BrNOS. The Hall–Kier alpha value is -0.450. The van der Waals surface area contributed by atoms with Crippen LogP contribution >= 0.6 is 26.0 Å². The molecule has 4 heteroatoms. The van der Waals surface area contributed by atoms with E-state index < -0.39 is 10.0 Å². The van der Waals surface area contributed by atoms with Crippen LogP contribution in [0.25, 0.3) is 10.9 Å². The van der Waals surface area contributed by atoms with Crippen molar-refractivity contribution in [3.05, 3.63) is 34.9 Å². The van der Waals surface area contributed by atoms with Crippen LogP contribution in [0.1, 0.15) is 0 Å². The van der Waals surface area contributed by atoms with E-state index in [1.54, 1.807) is 0 Å². The lowest BCUT2D eigenvalue weighted by molar-refractivity contribution is 0.0927. The summed E-state index contributed by atoms with van der Waals surface area (Å²) < 4.78 is 9.03. The Kier molecular flexibility index (Phi) is 4.41. The van der Waals surface area contributed by atoms with Gasteiger partial charge in [0.1, 0.15) is 6.73 Å². The zero-order chi connectivity index (χ0) is 13.2. The van der Waals surface area contributed by atoms with Crippen molar-refractivity contribution in [3.8, 4) is 0 Å². The molecule has 0 saturated carbocycles. The summed E-state index contributed by atoms with van der Waals surface area (Å²) in [6, 6.07) is 8.44. The van der Waals surface area contributed by atoms with Crippen LogP contribution in [0.3, 0.4) is 0 Å². The molecule has 0 atom stereocenters. The number of hydrogen-bond donors (Lipinski definition) is 0. The molecule has 0 unspecified atom stereocenters. The van der Waals surface area contributed by atoms with Crippen LogP contribution in [0.4, 0.5) is 0 Å². The average molecular weight is 330 g/mol. The van der Waals surface area contributed by atoms with Gasteiger partial charge in [-0.25, -0.2) is 10.0 Å². The number of aromatic nitrogens is 1. The van der Waals surface area contributed by atoms with Crippen molar-refractivity contribution in [2.75, 3.05) is 31.1 Å². The van der Waals surface area contributed by atoms with E-state index in [1.807, 2.05) is 0 Å². The van der Waals surface area contributed by atoms with E-state index in [-0.39, 0.29) is 0 Å². The molecule has 2 nitrogen and oxygen atoms in total. The van der Waals surface area contributed by atoms with E-state index in [0.717, 1.165) is 16.8 Å². The monoisotopic (exact) mass is 329 g/mol. The lowest BCUT2D eigenvalue weighted by Crippen LogP contribution is -2.09. The zero-order valence-corrected chi connectivity index (χ0v) is 13.6. The summed E-state index contributed by atoms with van der Waals surface area (Å²) in [6.45, 7) is 1.48. The number of benzene rings is 1. The Morgan fingerprint density at radius 3 is 2.72 bits per heavy atom. The molecule has 1 aromatic carbocycles. The van der Waals surface area contributed by atoms with Gasteiger partial charge in [-0.05, 0) is 43.0 Å². The molecule has 0 aliphatic rings. The third-order valence-corrected chi connectivity index (χ3v) is 4.69. The first-order valence-corrected chi connectivity index (χ1v) is 9.76. The Balaban J connectivity index is 1.96. The van der Waals surface area contributed by atoms with Gasteiger partial charge >= 0.3 is 0 Å². The Bertz CT molecular complexity index is 530. The minimum absolute atomic E-state index is 0.454. The largest absolute Gasteiger partial charge is 0.360 e. The van der Waals surface area contributed by atoms with Crippen molar-refractivity contribution < 1.29 is 4.74 Å². The molecule has 0 spiro atoms. The number of hydrogen-bond acceptors (Lipinski definition) is 1. The van der Waals surface area contributed by atoms with Crippen LogP contribution in [0.5, 0.6) is 0 Å². The molecule has 100 valence electrons. The maximum atomic E-state index is 5.76. The fraction of sp³-hybridized carbons (Fsp3) is 0.429. The molecule has 0 aliphatic heterocycles. The third-order valence-electron chi connectivity index (χ3n) is 2.80. The Morgan fingerprint density at radius 1 is 1.22 bits per heavy atom. The smallest absolute Gasteiger partial charge is 0.122 e. The number of nitrogens with zero attached hydrogens (tertiary/aromatic N) is 1. The summed E-state index contributed by atoms with van der Waals surface area (Å²) in [4.78, 5) is 0. The second kappa shape index (κ2) is 5.68. The minimum atomic E-state index is -0.454. The summed E-state index contributed by atoms with van der Waals surface area (Å²) in [7, 11) is -0.454. The van der Waals surface area contributed by atoms with E-state index in [4.69, 9.17) is 4.74 Å². The highest BCUT2D eigenvalue weighted by Crippen LogP contribution is 2.33. The van der Waals surface area contributed by atoms with E-state index in [1.165, 1.54) is 10.9 Å². The molecule has 0 saturated heterocycles. The van der Waals surface area contributed by atoms with Crippen LogP contribution in [0, 0.1) is 0 Å². The number of fused-ring (bicyclic) bond motifs is 1. The molecular weight excluding hydrogens is 310 g/mol. The summed E-state index contributed by atoms with van der Waals surface area (Å²) in [5.41, 5.74) is 1.22. The van der Waals surface area contributed by atoms with Gasteiger partial charge in [0.2, 0.25) is 0 Å². The van der Waals surface area contributed by atoms with E-state index in [2.05, 4.69) is 69.7 Å². The van der Waals surface area contributed by atoms with Gasteiger partial charge in [0, 0.05) is 21.8 Å². The predicted octanol–water partition coefficient (Wildman–Crippen LogP) is 4.07. The molecule has 2 aromatic rings. The number of rotatable bonds is 5. The van der Waals surface area contributed by atoms with Gasteiger partial charge < -0.3 is 9.30 Å². The second-order valence-corrected chi connectivity index (χ2v) is 10.8. The quantitative estimate of drug-likeness (QED) is 0.754. The highest BCUT2D eigenvalue weighted by Gasteiger charge is 2.04. The normalized spacial score (nSPS) is 13.1. The molecule has 0 N–H and O–H groups in total. The molecule has 0 aliphatic carbocycles. The molecule has 0 amide bonds. The van der Waals surface area contributed by atoms with E-state index in [0.29, 0.717) is 6.73 Å². The minimum Gasteiger partial charge on any atom is -0.360 e. The predicted molar refractivity (Wildman–Crippen MR) is 85.8 cm³/mol. The van der Waals surface area contributed by atoms with Crippen molar-refractivity contribution in [2.45, 2.75) is 6.73 Å². The van der Waals surface area contributed by atoms with Gasteiger partial charge in [-0.15, -0.1) is 0 Å². The molecule has 0 bridgehead atoms. The van der Waals surface area contributed by atoms with Crippen molar-refractivity contribution in [2.24, 2.45) is 0 Å². The molecule has 0 fully saturated rings. The van der Waals surface area contributed by atoms with Crippen molar-refractivity contribution in [1.82, 2.24) is 4.57 Å². The number of ether oxygens (including phenoxy) is 1. The first kappa shape index (κ1) is 14.0. The summed E-state index contributed by atoms with van der Waals surface area (Å²) in [6.07, 6.45) is 9.04. The standard InChI is InChI=1S/C14H20BrNOS/c1-18(2,3)9-8-17-11-16-7-6-12-10-13(15)4-5-14(12)16/h4-7,10H,8-9,11H2,1-3H3. The van der Waals surface area contributed by atoms with Gasteiger partial charge in [-0.1, -0.05) is 15.9 Å². The van der Waals surface area contributed by atoms with Gasteiger partial charge in [0.05, 0.1) is 12.1 Å². The van der Waals surface area contributed by atoms with Gasteiger partial charge in [-0.3, -0.25) is 0 Å². The zero-order valence-electron chi connectivity index (χ0n) is 11.1. The van der Waals surface area contributed by atoms with Crippen LogP contribution in [0.2, 0.25) is 0 Å². The van der Waals surface area contributed by atoms with Gasteiger partial charge in [0.15, 0.2) is 0 Å². The first-order chi connectivity index (χ1) is 8.46. The summed E-state index contributed by atoms with van der Waals surface area (Å²) >= 11 is 3.49. The van der Waals surface area contributed by atoms with E-state index in [9.17, 15) is 0 Å². The van der Waals surface area contributed by atoms with Crippen molar-refractivity contribution >= 4 is 36.9 Å². The average Bonchev–Trinajstić information content (AvgIpc) is 2.65. The Morgan fingerprint density at radius 2 is 2.00 bits per heavy atom. The van der Waals surface area contributed by atoms with Crippen LogP contribution in [-0.4, -0.2) is 35.7 Å². The lowest BCUT2D eigenvalue weighted by Gasteiger charge is -2.24. The van der Waals surface area contributed by atoms with E-state index >= 15 is 0 Å². The van der Waals surface area contributed by atoms with Gasteiger partial charge in [0.25, 0.3) is 0 Å². The molecule has 18 heavy (non-hydrogen) atoms. The Labute approximate surface area is 119 Å². The fourth-order valence-corrected chi connectivity index (χ4v) is 2.75. The summed E-state index contributed by atoms with van der Waals surface area (Å²) in [5, 5.41) is 1.24. The highest BCUT2D eigenvalue weighted by atomic mass is 79.9. The van der Waals surface area contributed by atoms with Crippen molar-refractivity contribution in [3.63, 3.8) is 0 Å². The fourth-order valence-electron chi connectivity index (χ4n) is 1.76. The number of halogens is 1. The summed E-state index contributed by atoms with van der Waals surface area (Å²) in [5.74, 6) is 1.16. The second-order valence-electron chi connectivity index (χ2n) is 5.32. The maximum Gasteiger partial charge on any atom is 0.122 e. The maximum absolute atomic E-state index is 5.76. The van der Waals surface area contributed by atoms with Gasteiger partial charge in [-0.2, -0.15) is 0 Å². The van der Waals surface area contributed by atoms with Crippen molar-refractivity contribution in [1.29, 1.82) is 0 Å². The molecule has 0 radical (unpaired) electrons. The SMILES string of the molecule is CS(C)(C)CCOCn1ccc2cc(Br)ccc21. The topological polar surface area (TPSA) is 14.2 Å². The van der Waals surface area contributed by atoms with Crippen LogP contribution in [0.15, 0.2) is 34.9 Å². The first-order valence-electron chi connectivity index (χ1n) is 5.94. The molecule has 1 aromatic heterocycles. The van der Waals surface area contributed by atoms with Crippen LogP contribution < -0.4 is 0 Å². The van der Waals surface area contributed by atoms with Crippen LogP contribution in [-0.2, 0) is 11.5 Å². The highest BCUT2D eigenvalue weighted by molar-refractivity contribution is 9.10. The third kappa shape index (κ3) is 3.77. The molecule has 2 rings (SSSR count).